The highest BCUT2D eigenvalue weighted by molar-refractivity contribution is 6.20. The van der Waals surface area contributed by atoms with Crippen molar-refractivity contribution in [3.8, 4) is 27.9 Å². The van der Waals surface area contributed by atoms with Crippen molar-refractivity contribution in [3.05, 3.63) is 218 Å². The van der Waals surface area contributed by atoms with Crippen LogP contribution < -0.4 is 4.90 Å². The van der Waals surface area contributed by atoms with Crippen molar-refractivity contribution in [3.63, 3.8) is 0 Å². The van der Waals surface area contributed by atoms with Crippen molar-refractivity contribution in [2.45, 2.75) is 0 Å². The van der Waals surface area contributed by atoms with Gasteiger partial charge in [-0.05, 0) is 111 Å². The highest BCUT2D eigenvalue weighted by Crippen LogP contribution is 2.46. The van der Waals surface area contributed by atoms with Crippen LogP contribution in [0.25, 0.3) is 93.2 Å². The first-order valence-corrected chi connectivity index (χ1v) is 20.2. The summed E-state index contributed by atoms with van der Waals surface area (Å²) in [6.07, 6.45) is 0. The van der Waals surface area contributed by atoms with Crippen molar-refractivity contribution < 1.29 is 4.42 Å². The summed E-state index contributed by atoms with van der Waals surface area (Å²) in [5.74, 6) is 0. The van der Waals surface area contributed by atoms with Gasteiger partial charge >= 0.3 is 0 Å². The highest BCUT2D eigenvalue weighted by Gasteiger charge is 2.22. The molecule has 0 fully saturated rings. The number of anilines is 3. The van der Waals surface area contributed by atoms with Gasteiger partial charge in [-0.15, -0.1) is 0 Å². The van der Waals surface area contributed by atoms with Crippen LogP contribution in [0.1, 0.15) is 0 Å². The number of hydrogen-bond acceptors (Lipinski definition) is 2. The van der Waals surface area contributed by atoms with Gasteiger partial charge in [0.2, 0.25) is 0 Å². The van der Waals surface area contributed by atoms with Crippen molar-refractivity contribution >= 4 is 82.4 Å². The summed E-state index contributed by atoms with van der Waals surface area (Å²) in [5, 5.41) is 9.39. The molecule has 0 atom stereocenters. The van der Waals surface area contributed by atoms with Crippen LogP contribution in [0.15, 0.2) is 223 Å². The van der Waals surface area contributed by atoms with E-state index in [1.54, 1.807) is 0 Å². The van der Waals surface area contributed by atoms with E-state index in [-0.39, 0.29) is 0 Å². The normalized spacial score (nSPS) is 11.7. The molecule has 0 unspecified atom stereocenters. The lowest BCUT2D eigenvalue weighted by Gasteiger charge is -2.27. The molecule has 2 heterocycles. The first kappa shape index (κ1) is 33.3. The van der Waals surface area contributed by atoms with Crippen LogP contribution in [0, 0.1) is 0 Å². The van der Waals surface area contributed by atoms with Gasteiger partial charge in [0, 0.05) is 38.6 Å². The van der Waals surface area contributed by atoms with Crippen molar-refractivity contribution in [2.24, 2.45) is 0 Å². The Balaban J connectivity index is 1.10. The summed E-state index contributed by atoms with van der Waals surface area (Å²) >= 11 is 0. The average Bonchev–Trinajstić information content (AvgIpc) is 3.86. The van der Waals surface area contributed by atoms with Crippen LogP contribution in [-0.2, 0) is 0 Å². The number of furan rings is 1. The fraction of sp³-hybridized carbons (Fsp3) is 0. The molecule has 0 saturated carbocycles. The van der Waals surface area contributed by atoms with E-state index in [1.807, 2.05) is 0 Å². The molecule has 0 amide bonds. The second-order valence-electron chi connectivity index (χ2n) is 15.3. The Morgan fingerprint density at radius 2 is 1.02 bits per heavy atom. The van der Waals surface area contributed by atoms with Crippen LogP contribution in [0.4, 0.5) is 17.1 Å². The lowest BCUT2D eigenvalue weighted by molar-refractivity contribution is 0.672. The van der Waals surface area contributed by atoms with Gasteiger partial charge < -0.3 is 13.9 Å². The van der Waals surface area contributed by atoms with Crippen LogP contribution in [0.3, 0.4) is 0 Å². The third-order valence-corrected chi connectivity index (χ3v) is 11.9. The van der Waals surface area contributed by atoms with Crippen molar-refractivity contribution in [1.82, 2.24) is 4.57 Å². The maximum absolute atomic E-state index is 6.75. The highest BCUT2D eigenvalue weighted by atomic mass is 16.3. The molecule has 276 valence electrons. The fourth-order valence-corrected chi connectivity index (χ4v) is 9.27. The van der Waals surface area contributed by atoms with Gasteiger partial charge in [0.25, 0.3) is 0 Å². The van der Waals surface area contributed by atoms with E-state index in [0.29, 0.717) is 0 Å². The summed E-state index contributed by atoms with van der Waals surface area (Å²) in [7, 11) is 0. The van der Waals surface area contributed by atoms with E-state index < -0.39 is 0 Å². The van der Waals surface area contributed by atoms with Gasteiger partial charge in [-0.1, -0.05) is 146 Å². The zero-order chi connectivity index (χ0) is 38.9. The molecule has 0 N–H and O–H groups in total. The quantitative estimate of drug-likeness (QED) is 0.169. The third-order valence-electron chi connectivity index (χ3n) is 11.9. The minimum absolute atomic E-state index is 0.860. The maximum Gasteiger partial charge on any atom is 0.143 e. The molecule has 0 aliphatic heterocycles. The molecule has 59 heavy (non-hydrogen) atoms. The van der Waals surface area contributed by atoms with Crippen molar-refractivity contribution in [1.29, 1.82) is 0 Å². The molecule has 0 bridgehead atoms. The molecule has 2 aromatic heterocycles. The second-order valence-corrected chi connectivity index (χ2v) is 15.3. The van der Waals surface area contributed by atoms with E-state index in [2.05, 4.69) is 228 Å². The zero-order valence-corrected chi connectivity index (χ0v) is 32.1. The van der Waals surface area contributed by atoms with E-state index in [9.17, 15) is 0 Å². The largest absolute Gasteiger partial charge is 0.455 e. The van der Waals surface area contributed by atoms with Crippen LogP contribution in [0.2, 0.25) is 0 Å². The van der Waals surface area contributed by atoms with E-state index in [0.717, 1.165) is 66.6 Å². The van der Waals surface area contributed by atoms with Gasteiger partial charge in [-0.25, -0.2) is 0 Å². The number of para-hydroxylation sites is 2. The summed E-state index contributed by atoms with van der Waals surface area (Å²) in [6, 6.07) is 78.7. The Kier molecular flexibility index (Phi) is 7.54. The fourth-order valence-electron chi connectivity index (χ4n) is 9.27. The summed E-state index contributed by atoms with van der Waals surface area (Å²) < 4.78 is 9.14. The molecule has 0 radical (unpaired) electrons. The third kappa shape index (κ3) is 5.36. The van der Waals surface area contributed by atoms with E-state index in [4.69, 9.17) is 4.42 Å². The smallest absolute Gasteiger partial charge is 0.143 e. The minimum atomic E-state index is 0.860. The van der Waals surface area contributed by atoms with Gasteiger partial charge in [-0.3, -0.25) is 0 Å². The topological polar surface area (TPSA) is 21.3 Å². The molecular weight excluding hydrogens is 717 g/mol. The molecule has 10 aromatic carbocycles. The number of fused-ring (bicyclic) bond motifs is 9. The van der Waals surface area contributed by atoms with Crippen LogP contribution in [0.5, 0.6) is 0 Å². The van der Waals surface area contributed by atoms with E-state index >= 15 is 0 Å². The standard InChI is InChI=1S/C56H36N2O/c1-2-19-43(20-3-1)58-50-26-9-8-24-48(50)54-46(25-12-27-51(54)58)42-18-11-22-45(36-42)57(44-21-10-17-40(35-44)41-31-30-37-14-4-5-16-39(37)34-41)52-28-13-29-53-55(52)49-33-32-38-15-6-7-23-47(38)56(49)59-53/h1-36H. The lowest BCUT2D eigenvalue weighted by atomic mass is 9.98. The molecule has 12 aromatic rings. The summed E-state index contributed by atoms with van der Waals surface area (Å²) in [4.78, 5) is 2.41. The summed E-state index contributed by atoms with van der Waals surface area (Å²) in [6.45, 7) is 0. The molecule has 0 aliphatic carbocycles. The Morgan fingerprint density at radius 3 is 1.88 bits per heavy atom. The molecule has 0 saturated heterocycles. The first-order chi connectivity index (χ1) is 29.3. The van der Waals surface area contributed by atoms with E-state index in [1.165, 1.54) is 43.7 Å². The number of hydrogen-bond donors (Lipinski definition) is 0. The molecule has 3 heteroatoms. The van der Waals surface area contributed by atoms with Gasteiger partial charge in [0.15, 0.2) is 0 Å². The monoisotopic (exact) mass is 752 g/mol. The zero-order valence-electron chi connectivity index (χ0n) is 32.1. The Morgan fingerprint density at radius 1 is 0.373 bits per heavy atom. The Bertz CT molecular complexity index is 3580. The van der Waals surface area contributed by atoms with Gasteiger partial charge in [-0.2, -0.15) is 0 Å². The predicted molar refractivity (Wildman–Crippen MR) is 249 cm³/mol. The Hall–Kier alpha value is -7.88. The molecule has 12 rings (SSSR count). The van der Waals surface area contributed by atoms with Crippen LogP contribution in [-0.4, -0.2) is 4.57 Å². The second kappa shape index (κ2) is 13.4. The predicted octanol–water partition coefficient (Wildman–Crippen LogP) is 15.8. The summed E-state index contributed by atoms with van der Waals surface area (Å²) in [5.41, 5.74) is 13.1. The number of nitrogens with zero attached hydrogens (tertiary/aromatic N) is 2. The van der Waals surface area contributed by atoms with Gasteiger partial charge in [0.05, 0.1) is 22.1 Å². The number of benzene rings is 10. The van der Waals surface area contributed by atoms with Gasteiger partial charge in [0.1, 0.15) is 11.2 Å². The molecule has 3 nitrogen and oxygen atoms in total. The average molecular weight is 753 g/mol. The van der Waals surface area contributed by atoms with Crippen LogP contribution >= 0.6 is 0 Å². The molecule has 0 aliphatic rings. The molecule has 0 spiro atoms. The first-order valence-electron chi connectivity index (χ1n) is 20.2. The SMILES string of the molecule is c1ccc(-n2c3ccccc3c3c(-c4cccc(N(c5cccc(-c6ccc7ccccc7c6)c5)c5cccc6oc7c8ccccc8ccc7c56)c4)cccc32)cc1. The van der Waals surface area contributed by atoms with Crippen molar-refractivity contribution in [2.75, 3.05) is 4.90 Å². The lowest BCUT2D eigenvalue weighted by Crippen LogP contribution is -2.10. The number of aromatic nitrogens is 1. The minimum Gasteiger partial charge on any atom is -0.455 e. The molecular formula is C56H36N2O. The Labute approximate surface area is 341 Å². The maximum atomic E-state index is 6.75. The number of rotatable bonds is 6.